The summed E-state index contributed by atoms with van der Waals surface area (Å²) in [5.74, 6) is 0. The average molecular weight is 255 g/mol. The summed E-state index contributed by atoms with van der Waals surface area (Å²) in [5.41, 5.74) is 2.59. The average Bonchev–Trinajstić information content (AvgIpc) is 2.30. The van der Waals surface area contributed by atoms with Crippen LogP contribution in [-0.2, 0) is 6.54 Å². The lowest BCUT2D eigenvalue weighted by atomic mass is 10.1. The van der Waals surface area contributed by atoms with Gasteiger partial charge >= 0.3 is 0 Å². The van der Waals surface area contributed by atoms with E-state index >= 15 is 0 Å². The predicted octanol–water partition coefficient (Wildman–Crippen LogP) is 3.69. The van der Waals surface area contributed by atoms with Gasteiger partial charge < -0.3 is 10.2 Å². The molecule has 0 saturated carbocycles. The van der Waals surface area contributed by atoms with E-state index in [0.29, 0.717) is 0 Å². The minimum Gasteiger partial charge on any atom is -0.371 e. The summed E-state index contributed by atoms with van der Waals surface area (Å²) < 4.78 is 0. The van der Waals surface area contributed by atoms with Crippen molar-refractivity contribution < 1.29 is 0 Å². The van der Waals surface area contributed by atoms with Crippen LogP contribution in [0.5, 0.6) is 0 Å². The van der Waals surface area contributed by atoms with Crippen LogP contribution < -0.4 is 10.2 Å². The molecule has 0 aliphatic rings. The number of halogens is 1. The summed E-state index contributed by atoms with van der Waals surface area (Å²) in [6.45, 7) is 7.50. The first kappa shape index (κ1) is 14.3. The highest BCUT2D eigenvalue weighted by molar-refractivity contribution is 6.30. The molecule has 3 heteroatoms. The van der Waals surface area contributed by atoms with E-state index in [-0.39, 0.29) is 0 Å². The normalized spacial score (nSPS) is 10.6. The summed E-state index contributed by atoms with van der Waals surface area (Å²) in [4.78, 5) is 2.45. The van der Waals surface area contributed by atoms with Crippen LogP contribution in [0.25, 0.3) is 0 Å². The molecule has 1 rings (SSSR count). The lowest BCUT2D eigenvalue weighted by molar-refractivity contribution is 0.732. The van der Waals surface area contributed by atoms with Gasteiger partial charge in [0, 0.05) is 30.3 Å². The van der Waals surface area contributed by atoms with E-state index in [0.717, 1.165) is 24.7 Å². The van der Waals surface area contributed by atoms with Crippen LogP contribution in [0.3, 0.4) is 0 Å². The Morgan fingerprint density at radius 2 is 1.82 bits per heavy atom. The summed E-state index contributed by atoms with van der Waals surface area (Å²) in [6.07, 6.45) is 2.34. The van der Waals surface area contributed by atoms with E-state index < -0.39 is 0 Å². The molecule has 0 bridgehead atoms. The maximum atomic E-state index is 6.07. The minimum absolute atomic E-state index is 0.812. The predicted molar refractivity (Wildman–Crippen MR) is 77.0 cm³/mol. The van der Waals surface area contributed by atoms with E-state index in [1.54, 1.807) is 0 Å². The van der Waals surface area contributed by atoms with Crippen LogP contribution in [0, 0.1) is 0 Å². The molecule has 17 heavy (non-hydrogen) atoms. The van der Waals surface area contributed by atoms with Gasteiger partial charge in [-0.3, -0.25) is 0 Å². The van der Waals surface area contributed by atoms with Crippen LogP contribution in [0.1, 0.15) is 32.3 Å². The maximum Gasteiger partial charge on any atom is 0.0412 e. The molecule has 0 fully saturated rings. The van der Waals surface area contributed by atoms with Crippen molar-refractivity contribution in [3.63, 3.8) is 0 Å². The summed E-state index contributed by atoms with van der Waals surface area (Å²) in [7, 11) is 1.97. The van der Waals surface area contributed by atoms with Crippen molar-refractivity contribution in [2.24, 2.45) is 0 Å². The molecule has 0 aliphatic carbocycles. The smallest absolute Gasteiger partial charge is 0.0412 e. The molecule has 1 aromatic carbocycles. The van der Waals surface area contributed by atoms with E-state index in [1.807, 2.05) is 13.1 Å². The molecule has 1 N–H and O–H groups in total. The highest BCUT2D eigenvalue weighted by atomic mass is 35.5. The first-order chi connectivity index (χ1) is 8.22. The van der Waals surface area contributed by atoms with Gasteiger partial charge in [-0.1, -0.05) is 25.4 Å². The second-order valence-corrected chi connectivity index (χ2v) is 4.73. The Bertz CT molecular complexity index is 333. The molecule has 0 saturated heterocycles. The molecule has 0 atom stereocenters. The van der Waals surface area contributed by atoms with E-state index in [1.165, 1.54) is 24.1 Å². The Morgan fingerprint density at radius 1 is 1.18 bits per heavy atom. The first-order valence-electron chi connectivity index (χ1n) is 6.40. The van der Waals surface area contributed by atoms with Crippen molar-refractivity contribution in [3.05, 3.63) is 28.8 Å². The number of benzene rings is 1. The van der Waals surface area contributed by atoms with Crippen LogP contribution in [-0.4, -0.2) is 20.1 Å². The summed E-state index contributed by atoms with van der Waals surface area (Å²) in [6, 6.07) is 6.18. The molecule has 2 nitrogen and oxygen atoms in total. The fraction of sp³-hybridized carbons (Fsp3) is 0.571. The number of hydrogen-bond acceptors (Lipinski definition) is 2. The number of hydrogen-bond donors (Lipinski definition) is 1. The monoisotopic (exact) mass is 254 g/mol. The molecule has 0 heterocycles. The summed E-state index contributed by atoms with van der Waals surface area (Å²) >= 11 is 6.07. The van der Waals surface area contributed by atoms with Crippen molar-refractivity contribution in [3.8, 4) is 0 Å². The highest BCUT2D eigenvalue weighted by Gasteiger charge is 2.09. The van der Waals surface area contributed by atoms with Crippen molar-refractivity contribution in [2.45, 2.75) is 33.2 Å². The quantitative estimate of drug-likeness (QED) is 0.799. The number of anilines is 1. The van der Waals surface area contributed by atoms with Gasteiger partial charge in [-0.2, -0.15) is 0 Å². The van der Waals surface area contributed by atoms with Gasteiger partial charge in [0.2, 0.25) is 0 Å². The van der Waals surface area contributed by atoms with Crippen LogP contribution in [0.4, 0.5) is 5.69 Å². The topological polar surface area (TPSA) is 15.3 Å². The Balaban J connectivity index is 2.98. The Labute approximate surface area is 110 Å². The first-order valence-corrected chi connectivity index (χ1v) is 6.78. The van der Waals surface area contributed by atoms with Crippen molar-refractivity contribution in [1.29, 1.82) is 0 Å². The van der Waals surface area contributed by atoms with Crippen molar-refractivity contribution >= 4 is 17.3 Å². The van der Waals surface area contributed by atoms with Crippen LogP contribution >= 0.6 is 11.6 Å². The van der Waals surface area contributed by atoms with Crippen LogP contribution in [0.2, 0.25) is 5.02 Å². The molecule has 0 aliphatic heterocycles. The van der Waals surface area contributed by atoms with Gasteiger partial charge in [-0.15, -0.1) is 0 Å². The lowest BCUT2D eigenvalue weighted by Gasteiger charge is -2.26. The highest BCUT2D eigenvalue weighted by Crippen LogP contribution is 2.24. The lowest BCUT2D eigenvalue weighted by Crippen LogP contribution is -2.26. The molecular formula is C14H23ClN2. The van der Waals surface area contributed by atoms with Gasteiger partial charge in [0.1, 0.15) is 0 Å². The largest absolute Gasteiger partial charge is 0.371 e. The minimum atomic E-state index is 0.812. The second kappa shape index (κ2) is 7.57. The van der Waals surface area contributed by atoms with Gasteiger partial charge in [0.05, 0.1) is 0 Å². The van der Waals surface area contributed by atoms with Crippen molar-refractivity contribution in [2.75, 3.05) is 25.0 Å². The number of rotatable bonds is 7. The van der Waals surface area contributed by atoms with Gasteiger partial charge in [0.25, 0.3) is 0 Å². The third kappa shape index (κ3) is 4.21. The Morgan fingerprint density at radius 3 is 2.35 bits per heavy atom. The van der Waals surface area contributed by atoms with E-state index in [9.17, 15) is 0 Å². The van der Waals surface area contributed by atoms with Gasteiger partial charge in [-0.05, 0) is 43.7 Å². The molecule has 0 radical (unpaired) electrons. The molecule has 96 valence electrons. The summed E-state index contributed by atoms with van der Waals surface area (Å²) in [5, 5.41) is 4.02. The number of nitrogens with zero attached hydrogens (tertiary/aromatic N) is 1. The third-order valence-corrected chi connectivity index (χ3v) is 2.97. The van der Waals surface area contributed by atoms with Crippen LogP contribution in [0.15, 0.2) is 18.2 Å². The molecule has 0 amide bonds. The molecular weight excluding hydrogens is 232 g/mol. The SMILES string of the molecule is CCCN(CCC)c1ccc(Cl)cc1CNC. The second-order valence-electron chi connectivity index (χ2n) is 4.29. The standard InChI is InChI=1S/C14H23ClN2/c1-4-8-17(9-5-2)14-7-6-13(15)10-12(14)11-16-3/h6-7,10,16H,4-5,8-9,11H2,1-3H3. The zero-order valence-corrected chi connectivity index (χ0v) is 11.8. The molecule has 0 spiro atoms. The molecule has 1 aromatic rings. The fourth-order valence-electron chi connectivity index (χ4n) is 2.09. The van der Waals surface area contributed by atoms with Gasteiger partial charge in [0.15, 0.2) is 0 Å². The maximum absolute atomic E-state index is 6.07. The van der Waals surface area contributed by atoms with E-state index in [2.05, 4.69) is 36.2 Å². The fourth-order valence-corrected chi connectivity index (χ4v) is 2.28. The Kier molecular flexibility index (Phi) is 6.38. The Hall–Kier alpha value is -0.730. The number of nitrogens with one attached hydrogen (secondary N) is 1. The molecule has 0 aromatic heterocycles. The van der Waals surface area contributed by atoms with E-state index in [4.69, 9.17) is 11.6 Å². The third-order valence-electron chi connectivity index (χ3n) is 2.74. The molecule has 0 unspecified atom stereocenters. The zero-order valence-electron chi connectivity index (χ0n) is 11.1. The van der Waals surface area contributed by atoms with Gasteiger partial charge in [-0.25, -0.2) is 0 Å². The van der Waals surface area contributed by atoms with Crippen molar-refractivity contribution in [1.82, 2.24) is 5.32 Å². The zero-order chi connectivity index (χ0) is 12.7.